The van der Waals surface area contributed by atoms with Crippen LogP contribution in [0.2, 0.25) is 0 Å². The van der Waals surface area contributed by atoms with Gasteiger partial charge in [-0.1, -0.05) is 82.5 Å². The third kappa shape index (κ3) is 21.6. The van der Waals surface area contributed by atoms with Crippen LogP contribution in [0.5, 0.6) is 5.75 Å². The number of piperidine rings is 1. The van der Waals surface area contributed by atoms with Gasteiger partial charge in [-0.25, -0.2) is 4.99 Å². The van der Waals surface area contributed by atoms with Crippen molar-refractivity contribution < 1.29 is 80.2 Å². The van der Waals surface area contributed by atoms with Crippen molar-refractivity contribution in [1.29, 1.82) is 0 Å². The quantitative estimate of drug-likeness (QED) is 0.0288. The normalized spacial score (nSPS) is 14.6. The van der Waals surface area contributed by atoms with Gasteiger partial charge in [0.1, 0.15) is 17.8 Å². The van der Waals surface area contributed by atoms with Gasteiger partial charge in [0.25, 0.3) is 6.47 Å². The topological polar surface area (TPSA) is 181 Å². The average Bonchev–Trinajstić information content (AvgIpc) is 3.23. The van der Waals surface area contributed by atoms with Crippen molar-refractivity contribution in [3.05, 3.63) is 89.5 Å². The van der Waals surface area contributed by atoms with E-state index in [1.54, 1.807) is 12.4 Å². The van der Waals surface area contributed by atoms with Crippen LogP contribution in [0.25, 0.3) is 5.32 Å². The molecule has 14 heteroatoms. The Kier molecular flexibility index (Phi) is 30.5. The maximum Gasteiger partial charge on any atom is 1.00 e. The summed E-state index contributed by atoms with van der Waals surface area (Å²) in [5, 5.41) is 15.7. The van der Waals surface area contributed by atoms with E-state index in [0.29, 0.717) is 38.9 Å². The maximum absolute atomic E-state index is 8.36. The van der Waals surface area contributed by atoms with Crippen molar-refractivity contribution in [3.63, 3.8) is 0 Å². The molecule has 0 radical (unpaired) electrons. The monoisotopic (exact) mass is 832 g/mol. The zero-order valence-corrected chi connectivity index (χ0v) is 39.2. The van der Waals surface area contributed by atoms with Crippen molar-refractivity contribution >= 4 is 23.7 Å². The SMILES string of the molecule is CC.CCCCOCCOCCOCCCCCCOc1ccc([C@@H](C)[N-]c2cccc(NC3(/C(N)=N/C(N)c4ccncc4)CCN(C)CC3)c2)cc1.O=CO.[K+]. The summed E-state index contributed by atoms with van der Waals surface area (Å²) in [6.07, 6.45) is 11.1. The Bertz CT molecular complexity index is 1480. The molecule has 2 aromatic carbocycles. The van der Waals surface area contributed by atoms with E-state index in [2.05, 4.69) is 60.4 Å². The third-order valence-electron chi connectivity index (χ3n) is 9.43. The molecular formula is C44H70KN7O6. The van der Waals surface area contributed by atoms with Gasteiger partial charge in [0.15, 0.2) is 0 Å². The smallest absolute Gasteiger partial charge is 0.678 e. The van der Waals surface area contributed by atoms with Gasteiger partial charge in [0.05, 0.1) is 38.6 Å². The van der Waals surface area contributed by atoms with Crippen LogP contribution in [0.3, 0.4) is 0 Å². The fourth-order valence-electron chi connectivity index (χ4n) is 6.07. The summed E-state index contributed by atoms with van der Waals surface area (Å²) in [6.45, 7) is 14.7. The van der Waals surface area contributed by atoms with Crippen molar-refractivity contribution in [1.82, 2.24) is 9.88 Å². The molecule has 0 spiro atoms. The second-order valence-corrected chi connectivity index (χ2v) is 13.7. The Morgan fingerprint density at radius 3 is 2.07 bits per heavy atom. The molecule has 1 unspecified atom stereocenters. The van der Waals surface area contributed by atoms with E-state index >= 15 is 0 Å². The number of rotatable bonds is 25. The molecule has 1 saturated heterocycles. The number of nitrogens with one attached hydrogen (secondary N) is 1. The number of carbonyl (C=O) groups is 1. The van der Waals surface area contributed by atoms with E-state index < -0.39 is 11.7 Å². The number of hydrogen-bond acceptors (Lipinski definition) is 10. The summed E-state index contributed by atoms with van der Waals surface area (Å²) in [5.74, 6) is 1.40. The number of unbranched alkanes of at least 4 members (excludes halogenated alkanes) is 4. The largest absolute Gasteiger partial charge is 1.00 e. The molecule has 58 heavy (non-hydrogen) atoms. The predicted molar refractivity (Wildman–Crippen MR) is 232 cm³/mol. The first-order valence-electron chi connectivity index (χ1n) is 20.6. The Morgan fingerprint density at radius 1 is 0.897 bits per heavy atom. The minimum Gasteiger partial charge on any atom is -0.678 e. The van der Waals surface area contributed by atoms with Gasteiger partial charge in [-0.05, 0) is 81.5 Å². The summed E-state index contributed by atoms with van der Waals surface area (Å²) < 4.78 is 22.7. The van der Waals surface area contributed by atoms with E-state index in [1.165, 1.54) is 0 Å². The van der Waals surface area contributed by atoms with E-state index in [4.69, 9.17) is 50.6 Å². The van der Waals surface area contributed by atoms with Crippen molar-refractivity contribution in [2.45, 2.75) is 96.8 Å². The van der Waals surface area contributed by atoms with Crippen LogP contribution < -0.4 is 72.9 Å². The third-order valence-corrected chi connectivity index (χ3v) is 9.43. The second kappa shape index (κ2) is 33.1. The molecule has 0 aliphatic carbocycles. The number of benzene rings is 2. The van der Waals surface area contributed by atoms with Gasteiger partial charge in [-0.15, -0.1) is 5.69 Å². The molecular weight excluding hydrogens is 762 g/mol. The molecule has 318 valence electrons. The van der Waals surface area contributed by atoms with Crippen LogP contribution in [0.4, 0.5) is 11.4 Å². The number of nitrogens with two attached hydrogens (primary N) is 2. The Labute approximate surface area is 390 Å². The predicted octanol–water partition coefficient (Wildman–Crippen LogP) is 5.26. The molecule has 6 N–H and O–H groups in total. The fraction of sp³-hybridized carbons (Fsp3) is 0.568. The summed E-state index contributed by atoms with van der Waals surface area (Å²) in [6, 6.07) is 20.2. The Hall–Kier alpha value is -2.63. The zero-order valence-electron chi connectivity index (χ0n) is 36.1. The molecule has 0 amide bonds. The minimum absolute atomic E-state index is 0. The number of amidine groups is 1. The average molecular weight is 832 g/mol. The van der Waals surface area contributed by atoms with Crippen LogP contribution in [-0.2, 0) is 19.0 Å². The van der Waals surface area contributed by atoms with Crippen LogP contribution in [-0.4, -0.2) is 99.2 Å². The van der Waals surface area contributed by atoms with E-state index in [0.717, 1.165) is 106 Å². The molecule has 2 heterocycles. The molecule has 1 aliphatic rings. The molecule has 1 aliphatic heterocycles. The molecule has 3 aromatic rings. The summed E-state index contributed by atoms with van der Waals surface area (Å²) in [5.41, 5.74) is 16.5. The first-order valence-corrected chi connectivity index (χ1v) is 20.6. The van der Waals surface area contributed by atoms with Gasteiger partial charge in [-0.3, -0.25) is 9.78 Å². The molecule has 1 fully saturated rings. The summed E-state index contributed by atoms with van der Waals surface area (Å²) in [7, 11) is 2.13. The standard InChI is InChI=1S/C41H62N7O4.C2H6.CH2O2.K/c1-4-5-25-49-28-30-51-31-29-50-26-8-6-7-9-27-52-38-15-13-34(14-16-38)33(2)45-36-11-10-12-37(32-36)47-41(19-23-48(3)24-20-41)40(43)46-39(42)35-17-21-44-22-18-35;1-2;2-1-3;/h10-18,21-22,32-33,39,47H,4-9,19-20,23-31,42H2,1-3H3,(H2,43,46);1-2H3;1H,(H,2,3);/q-1;;;+1/t33-,39?;;;/m1.../s1. The number of nitrogens with zero attached hydrogens (tertiary/aromatic N) is 4. The molecule has 13 nitrogen and oxygen atoms in total. The fourth-order valence-corrected chi connectivity index (χ4v) is 6.07. The number of likely N-dealkylation sites (tertiary alicyclic amines) is 1. The zero-order chi connectivity index (χ0) is 41.6. The van der Waals surface area contributed by atoms with Gasteiger partial charge < -0.3 is 51.1 Å². The Balaban J connectivity index is 0.00000267. The number of carboxylic acid groups (broad SMARTS) is 1. The minimum atomic E-state index is -0.557. The molecule has 0 saturated carbocycles. The molecule has 0 bridgehead atoms. The number of aliphatic imine (C=N–C) groups is 1. The van der Waals surface area contributed by atoms with Gasteiger partial charge >= 0.3 is 51.4 Å². The van der Waals surface area contributed by atoms with Crippen LogP contribution >= 0.6 is 0 Å². The second-order valence-electron chi connectivity index (χ2n) is 13.7. The van der Waals surface area contributed by atoms with Gasteiger partial charge in [-0.2, -0.15) is 0 Å². The van der Waals surface area contributed by atoms with E-state index in [1.807, 2.05) is 50.2 Å². The van der Waals surface area contributed by atoms with Crippen LogP contribution in [0, 0.1) is 0 Å². The van der Waals surface area contributed by atoms with Gasteiger partial charge in [0, 0.05) is 44.4 Å². The number of aromatic nitrogens is 1. The summed E-state index contributed by atoms with van der Waals surface area (Å²) >= 11 is 0. The van der Waals surface area contributed by atoms with Crippen molar-refractivity contribution in [2.24, 2.45) is 16.5 Å². The number of pyridine rings is 1. The first-order chi connectivity index (χ1) is 27.8. The van der Waals surface area contributed by atoms with E-state index in [9.17, 15) is 0 Å². The van der Waals surface area contributed by atoms with Gasteiger partial charge in [0.2, 0.25) is 0 Å². The molecule has 4 rings (SSSR count). The number of ether oxygens (including phenoxy) is 4. The number of hydrogen-bond donors (Lipinski definition) is 4. The molecule has 1 aromatic heterocycles. The maximum atomic E-state index is 8.36. The van der Waals surface area contributed by atoms with Crippen molar-refractivity contribution in [2.75, 3.05) is 71.7 Å². The van der Waals surface area contributed by atoms with Crippen LogP contribution in [0.1, 0.15) is 102 Å². The first kappa shape index (κ1) is 53.4. The molecule has 2 atom stereocenters. The summed E-state index contributed by atoms with van der Waals surface area (Å²) in [4.78, 5) is 19.5. The van der Waals surface area contributed by atoms with Crippen molar-refractivity contribution in [3.8, 4) is 5.75 Å². The van der Waals surface area contributed by atoms with Crippen LogP contribution in [0.15, 0.2) is 78.0 Å². The van der Waals surface area contributed by atoms with E-state index in [-0.39, 0.29) is 63.9 Å². The number of anilines is 1. The Morgan fingerprint density at radius 2 is 1.47 bits per heavy atom.